The maximum Gasteiger partial charge on any atom is 0.340 e. The zero-order valence-corrected chi connectivity index (χ0v) is 10.9. The van der Waals surface area contributed by atoms with Gasteiger partial charge in [-0.3, -0.25) is 9.59 Å². The maximum atomic E-state index is 12.4. The summed E-state index contributed by atoms with van der Waals surface area (Å²) in [6.07, 6.45) is -4.97. The molecule has 4 nitrogen and oxygen atoms in total. The molecule has 0 bridgehead atoms. The van der Waals surface area contributed by atoms with E-state index in [1.54, 1.807) is 0 Å². The van der Waals surface area contributed by atoms with Crippen molar-refractivity contribution in [2.24, 2.45) is 0 Å². The fraction of sp³-hybridized carbons (Fsp3) is 0.778. The molecule has 0 spiro atoms. The van der Waals surface area contributed by atoms with Crippen LogP contribution in [-0.4, -0.2) is 42.3 Å². The van der Waals surface area contributed by atoms with Gasteiger partial charge >= 0.3 is 24.3 Å². The highest BCUT2D eigenvalue weighted by atomic mass is 35.5. The highest BCUT2D eigenvalue weighted by Crippen LogP contribution is 2.23. The molecule has 19 heavy (non-hydrogen) atoms. The van der Waals surface area contributed by atoms with Gasteiger partial charge in [0.15, 0.2) is 6.61 Å². The van der Waals surface area contributed by atoms with Crippen LogP contribution in [0.15, 0.2) is 0 Å². The minimum absolute atomic E-state index is 0.291. The SMILES string of the molecule is O=C(CCC(=O)OCC(F)(F)C(F)F)OCC(Cl)Cl. The molecule has 0 unspecified atom stereocenters. The summed E-state index contributed by atoms with van der Waals surface area (Å²) >= 11 is 10.5. The molecule has 0 aliphatic heterocycles. The summed E-state index contributed by atoms with van der Waals surface area (Å²) in [6, 6.07) is 0. The van der Waals surface area contributed by atoms with Gasteiger partial charge in [-0.25, -0.2) is 8.78 Å². The third-order valence-corrected chi connectivity index (χ3v) is 1.90. The van der Waals surface area contributed by atoms with E-state index in [0.29, 0.717) is 0 Å². The van der Waals surface area contributed by atoms with Crippen LogP contribution in [0.3, 0.4) is 0 Å². The predicted molar refractivity (Wildman–Crippen MR) is 57.6 cm³/mol. The molecule has 0 heterocycles. The van der Waals surface area contributed by atoms with E-state index in [4.69, 9.17) is 23.2 Å². The number of carbonyl (C=O) groups excluding carboxylic acids is 2. The Balaban J connectivity index is 3.85. The first-order valence-corrected chi connectivity index (χ1v) is 5.78. The molecule has 0 rings (SSSR count). The van der Waals surface area contributed by atoms with E-state index >= 15 is 0 Å². The number of ether oxygens (including phenoxy) is 2. The highest BCUT2D eigenvalue weighted by Gasteiger charge is 2.42. The van der Waals surface area contributed by atoms with Crippen molar-refractivity contribution in [2.75, 3.05) is 13.2 Å². The van der Waals surface area contributed by atoms with Crippen LogP contribution in [0.2, 0.25) is 0 Å². The quantitative estimate of drug-likeness (QED) is 0.390. The molecule has 0 aromatic carbocycles. The Morgan fingerprint density at radius 1 is 1.05 bits per heavy atom. The van der Waals surface area contributed by atoms with Gasteiger partial charge in [-0.2, -0.15) is 8.78 Å². The summed E-state index contributed by atoms with van der Waals surface area (Å²) in [5.74, 6) is -6.48. The number of alkyl halides is 6. The van der Waals surface area contributed by atoms with Gasteiger partial charge in [0.05, 0.1) is 12.8 Å². The molecule has 0 amide bonds. The molecule has 0 aromatic rings. The maximum absolute atomic E-state index is 12.4. The Morgan fingerprint density at radius 3 is 1.95 bits per heavy atom. The number of esters is 2. The van der Waals surface area contributed by atoms with Crippen molar-refractivity contribution in [3.63, 3.8) is 0 Å². The van der Waals surface area contributed by atoms with Gasteiger partial charge in [0.1, 0.15) is 11.4 Å². The van der Waals surface area contributed by atoms with Gasteiger partial charge in [0.2, 0.25) is 0 Å². The van der Waals surface area contributed by atoms with Gasteiger partial charge in [-0.05, 0) is 0 Å². The Kier molecular flexibility index (Phi) is 8.08. The average Bonchev–Trinajstić information content (AvgIpc) is 2.31. The zero-order valence-electron chi connectivity index (χ0n) is 9.38. The van der Waals surface area contributed by atoms with Gasteiger partial charge in [0, 0.05) is 0 Å². The molecule has 10 heteroatoms. The minimum Gasteiger partial charge on any atom is -0.463 e. The number of carbonyl (C=O) groups is 2. The smallest absolute Gasteiger partial charge is 0.340 e. The highest BCUT2D eigenvalue weighted by molar-refractivity contribution is 6.44. The van der Waals surface area contributed by atoms with E-state index in [0.717, 1.165) is 0 Å². The van der Waals surface area contributed by atoms with E-state index < -0.39 is 48.6 Å². The van der Waals surface area contributed by atoms with Crippen molar-refractivity contribution in [2.45, 2.75) is 30.0 Å². The third kappa shape index (κ3) is 8.88. The number of hydrogen-bond donors (Lipinski definition) is 0. The lowest BCUT2D eigenvalue weighted by Gasteiger charge is -2.14. The lowest BCUT2D eigenvalue weighted by molar-refractivity contribution is -0.180. The second-order valence-corrected chi connectivity index (χ2v) is 4.57. The van der Waals surface area contributed by atoms with Crippen LogP contribution in [-0.2, 0) is 19.1 Å². The molecular formula is C9H10Cl2F4O4. The zero-order chi connectivity index (χ0) is 15.1. The third-order valence-electron chi connectivity index (χ3n) is 1.65. The number of hydrogen-bond acceptors (Lipinski definition) is 4. The first kappa shape index (κ1) is 18.2. The molecular weight excluding hydrogens is 319 g/mol. The molecule has 0 atom stereocenters. The Bertz CT molecular complexity index is 313. The summed E-state index contributed by atoms with van der Waals surface area (Å²) in [5.41, 5.74) is 0. The minimum atomic E-state index is -4.42. The predicted octanol–water partition coefficient (Wildman–Crippen LogP) is 2.56. The fourth-order valence-corrected chi connectivity index (χ4v) is 0.870. The van der Waals surface area contributed by atoms with Crippen LogP contribution >= 0.6 is 23.2 Å². The van der Waals surface area contributed by atoms with Crippen molar-refractivity contribution in [3.05, 3.63) is 0 Å². The van der Waals surface area contributed by atoms with Crippen LogP contribution in [0, 0.1) is 0 Å². The van der Waals surface area contributed by atoms with E-state index in [9.17, 15) is 27.2 Å². The van der Waals surface area contributed by atoms with Crippen molar-refractivity contribution in [3.8, 4) is 0 Å². The van der Waals surface area contributed by atoms with Crippen molar-refractivity contribution in [1.29, 1.82) is 0 Å². The van der Waals surface area contributed by atoms with Gasteiger partial charge in [0.25, 0.3) is 0 Å². The van der Waals surface area contributed by atoms with Crippen molar-refractivity contribution < 1.29 is 36.6 Å². The molecule has 0 radical (unpaired) electrons. The van der Waals surface area contributed by atoms with Crippen LogP contribution in [0.4, 0.5) is 17.6 Å². The van der Waals surface area contributed by atoms with Gasteiger partial charge < -0.3 is 9.47 Å². The first-order chi connectivity index (χ1) is 8.65. The molecule has 0 aromatic heterocycles. The number of rotatable bonds is 8. The van der Waals surface area contributed by atoms with Crippen LogP contribution in [0.1, 0.15) is 12.8 Å². The second kappa shape index (κ2) is 8.42. The van der Waals surface area contributed by atoms with Gasteiger partial charge in [-0.1, -0.05) is 0 Å². The number of halogens is 6. The average molecular weight is 329 g/mol. The Labute approximate surface area is 115 Å². The standard InChI is InChI=1S/C9H10Cl2F4O4/c10-5(11)3-18-6(16)1-2-7(17)19-4-9(14,15)8(12)13/h5,8H,1-4H2. The molecule has 0 saturated carbocycles. The topological polar surface area (TPSA) is 52.6 Å². The molecule has 0 aliphatic carbocycles. The Morgan fingerprint density at radius 2 is 1.53 bits per heavy atom. The lowest BCUT2D eigenvalue weighted by atomic mass is 10.3. The lowest BCUT2D eigenvalue weighted by Crippen LogP contribution is -2.33. The van der Waals surface area contributed by atoms with Crippen molar-refractivity contribution >= 4 is 35.1 Å². The van der Waals surface area contributed by atoms with Gasteiger partial charge in [-0.15, -0.1) is 23.2 Å². The summed E-state index contributed by atoms with van der Waals surface area (Å²) in [4.78, 5) is 20.9. The summed E-state index contributed by atoms with van der Waals surface area (Å²) in [6.45, 7) is -2.04. The van der Waals surface area contributed by atoms with E-state index in [1.807, 2.05) is 0 Å². The first-order valence-electron chi connectivity index (χ1n) is 4.90. The van der Waals surface area contributed by atoms with Crippen LogP contribution in [0.25, 0.3) is 0 Å². The van der Waals surface area contributed by atoms with Crippen LogP contribution < -0.4 is 0 Å². The van der Waals surface area contributed by atoms with E-state index in [-0.39, 0.29) is 6.61 Å². The summed E-state index contributed by atoms with van der Waals surface area (Å²) in [7, 11) is 0. The molecule has 0 saturated heterocycles. The second-order valence-electron chi connectivity index (χ2n) is 3.30. The van der Waals surface area contributed by atoms with E-state index in [1.165, 1.54) is 0 Å². The fourth-order valence-electron chi connectivity index (χ4n) is 0.744. The Hall–Kier alpha value is -0.760. The van der Waals surface area contributed by atoms with E-state index in [2.05, 4.69) is 9.47 Å². The summed E-state index contributed by atoms with van der Waals surface area (Å²) < 4.78 is 56.5. The monoisotopic (exact) mass is 328 g/mol. The summed E-state index contributed by atoms with van der Waals surface area (Å²) in [5, 5.41) is 0. The molecule has 0 aliphatic rings. The molecule has 0 N–H and O–H groups in total. The normalized spacial score (nSPS) is 11.8. The largest absolute Gasteiger partial charge is 0.463 e. The molecule has 112 valence electrons. The van der Waals surface area contributed by atoms with Crippen LogP contribution in [0.5, 0.6) is 0 Å². The van der Waals surface area contributed by atoms with Crippen molar-refractivity contribution in [1.82, 2.24) is 0 Å². The molecule has 0 fully saturated rings.